The molecule has 0 spiro atoms. The maximum Gasteiger partial charge on any atom is 0.417 e. The van der Waals surface area contributed by atoms with Gasteiger partial charge in [0.1, 0.15) is 0 Å². The molecule has 0 saturated carbocycles. The third kappa shape index (κ3) is 3.52. The van der Waals surface area contributed by atoms with Crippen molar-refractivity contribution in [1.29, 1.82) is 0 Å². The van der Waals surface area contributed by atoms with Gasteiger partial charge < -0.3 is 5.11 Å². The summed E-state index contributed by atoms with van der Waals surface area (Å²) in [4.78, 5) is 14.5. The number of carbonyl (C=O) groups is 1. The molecule has 0 unspecified atom stereocenters. The molecule has 0 amide bonds. The van der Waals surface area contributed by atoms with Gasteiger partial charge in [0.25, 0.3) is 0 Å². The van der Waals surface area contributed by atoms with Crippen LogP contribution in [0.4, 0.5) is 13.2 Å². The van der Waals surface area contributed by atoms with E-state index in [-0.39, 0.29) is 22.7 Å². The van der Waals surface area contributed by atoms with Gasteiger partial charge in [-0.2, -0.15) is 13.2 Å². The minimum absolute atomic E-state index is 0.0227. The standard InChI is InChI=1S/C14H9ClF3NO2/c15-11-5-8(6-12(20)21)7-19-13(11)9-3-1-2-4-10(9)14(16,17)18/h1-5,7H,6H2,(H,20,21). The first-order valence-electron chi connectivity index (χ1n) is 5.82. The van der Waals surface area contributed by atoms with E-state index in [1.807, 2.05) is 0 Å². The molecule has 0 fully saturated rings. The van der Waals surface area contributed by atoms with Gasteiger partial charge >= 0.3 is 12.1 Å². The number of rotatable bonds is 3. The molecular weight excluding hydrogens is 307 g/mol. The van der Waals surface area contributed by atoms with Crippen molar-refractivity contribution < 1.29 is 23.1 Å². The summed E-state index contributed by atoms with van der Waals surface area (Å²) in [6.07, 6.45) is -3.61. The van der Waals surface area contributed by atoms with Gasteiger partial charge in [-0.1, -0.05) is 29.8 Å². The fourth-order valence-corrected chi connectivity index (χ4v) is 2.17. The Morgan fingerprint density at radius 2 is 1.95 bits per heavy atom. The van der Waals surface area contributed by atoms with Gasteiger partial charge in [-0.15, -0.1) is 0 Å². The molecule has 1 aromatic heterocycles. The highest BCUT2D eigenvalue weighted by molar-refractivity contribution is 6.33. The summed E-state index contributed by atoms with van der Waals surface area (Å²) < 4.78 is 38.9. The number of alkyl halides is 3. The van der Waals surface area contributed by atoms with E-state index in [4.69, 9.17) is 16.7 Å². The molecule has 3 nitrogen and oxygen atoms in total. The van der Waals surface area contributed by atoms with Crippen molar-refractivity contribution in [2.75, 3.05) is 0 Å². The van der Waals surface area contributed by atoms with Crippen LogP contribution in [0, 0.1) is 0 Å². The molecule has 110 valence electrons. The minimum atomic E-state index is -4.53. The molecule has 0 radical (unpaired) electrons. The van der Waals surface area contributed by atoms with Gasteiger partial charge in [0.15, 0.2) is 0 Å². The Hall–Kier alpha value is -2.08. The van der Waals surface area contributed by atoms with Crippen LogP contribution in [0.5, 0.6) is 0 Å². The fourth-order valence-electron chi connectivity index (χ4n) is 1.88. The Labute approximate surface area is 123 Å². The van der Waals surface area contributed by atoms with Crippen molar-refractivity contribution in [3.05, 3.63) is 52.7 Å². The SMILES string of the molecule is O=C(O)Cc1cnc(-c2ccccc2C(F)(F)F)c(Cl)c1. The zero-order valence-corrected chi connectivity index (χ0v) is 11.2. The predicted octanol–water partition coefficient (Wildman–Crippen LogP) is 4.05. The molecule has 2 aromatic rings. The number of carboxylic acid groups (broad SMARTS) is 1. The maximum atomic E-state index is 13.0. The third-order valence-electron chi connectivity index (χ3n) is 2.74. The van der Waals surface area contributed by atoms with Crippen molar-refractivity contribution >= 4 is 17.6 Å². The number of hydrogen-bond acceptors (Lipinski definition) is 2. The number of halogens is 4. The summed E-state index contributed by atoms with van der Waals surface area (Å²) in [5.74, 6) is -1.07. The lowest BCUT2D eigenvalue weighted by Crippen LogP contribution is -2.08. The normalized spacial score (nSPS) is 11.4. The summed E-state index contributed by atoms with van der Waals surface area (Å²) in [7, 11) is 0. The molecule has 0 aliphatic heterocycles. The summed E-state index contributed by atoms with van der Waals surface area (Å²) in [5, 5.41) is 8.65. The monoisotopic (exact) mass is 315 g/mol. The van der Waals surface area contributed by atoms with Crippen molar-refractivity contribution in [3.8, 4) is 11.3 Å². The lowest BCUT2D eigenvalue weighted by Gasteiger charge is -2.13. The minimum Gasteiger partial charge on any atom is -0.481 e. The van der Waals surface area contributed by atoms with Crippen LogP contribution in [0.2, 0.25) is 5.02 Å². The predicted molar refractivity (Wildman–Crippen MR) is 71.0 cm³/mol. The molecule has 0 aliphatic rings. The number of aliphatic carboxylic acids is 1. The second-order valence-electron chi connectivity index (χ2n) is 4.29. The zero-order chi connectivity index (χ0) is 15.6. The Kier molecular flexibility index (Phi) is 4.18. The number of hydrogen-bond donors (Lipinski definition) is 1. The van der Waals surface area contributed by atoms with Crippen LogP contribution in [0.3, 0.4) is 0 Å². The first-order chi connectivity index (χ1) is 9.79. The summed E-state index contributed by atoms with van der Waals surface area (Å²) >= 11 is 5.95. The highest BCUT2D eigenvalue weighted by atomic mass is 35.5. The third-order valence-corrected chi connectivity index (χ3v) is 3.03. The zero-order valence-electron chi connectivity index (χ0n) is 10.5. The molecule has 21 heavy (non-hydrogen) atoms. The van der Waals surface area contributed by atoms with Gasteiger partial charge in [0, 0.05) is 11.8 Å². The molecule has 7 heteroatoms. The number of benzene rings is 1. The number of carboxylic acids is 1. The molecule has 0 bridgehead atoms. The smallest absolute Gasteiger partial charge is 0.417 e. The topological polar surface area (TPSA) is 50.2 Å². The Balaban J connectivity index is 2.51. The lowest BCUT2D eigenvalue weighted by molar-refractivity contribution is -0.137. The van der Waals surface area contributed by atoms with E-state index in [0.717, 1.165) is 6.07 Å². The van der Waals surface area contributed by atoms with E-state index in [0.29, 0.717) is 5.56 Å². The molecular formula is C14H9ClF3NO2. The fraction of sp³-hybridized carbons (Fsp3) is 0.143. The lowest BCUT2D eigenvalue weighted by atomic mass is 10.0. The molecule has 1 heterocycles. The van der Waals surface area contributed by atoms with Crippen LogP contribution in [-0.2, 0) is 17.4 Å². The second kappa shape index (κ2) is 5.73. The van der Waals surface area contributed by atoms with Crippen LogP contribution in [0.1, 0.15) is 11.1 Å². The number of pyridine rings is 1. The molecule has 0 saturated heterocycles. The molecule has 1 N–H and O–H groups in total. The average Bonchev–Trinajstić information content (AvgIpc) is 2.37. The average molecular weight is 316 g/mol. The second-order valence-corrected chi connectivity index (χ2v) is 4.70. The molecule has 2 rings (SSSR count). The molecule has 0 atom stereocenters. The van der Waals surface area contributed by atoms with E-state index in [2.05, 4.69) is 4.98 Å². The molecule has 0 aliphatic carbocycles. The van der Waals surface area contributed by atoms with Gasteiger partial charge in [0.2, 0.25) is 0 Å². The van der Waals surface area contributed by atoms with Gasteiger partial charge in [-0.3, -0.25) is 9.78 Å². The van der Waals surface area contributed by atoms with Crippen LogP contribution < -0.4 is 0 Å². The molecule has 1 aromatic carbocycles. The van der Waals surface area contributed by atoms with Crippen LogP contribution >= 0.6 is 11.6 Å². The van der Waals surface area contributed by atoms with Gasteiger partial charge in [-0.05, 0) is 17.7 Å². The Morgan fingerprint density at radius 3 is 2.52 bits per heavy atom. The van der Waals surface area contributed by atoms with E-state index in [1.54, 1.807) is 0 Å². The first kappa shape index (κ1) is 15.3. The van der Waals surface area contributed by atoms with Crippen molar-refractivity contribution in [3.63, 3.8) is 0 Å². The number of aromatic nitrogens is 1. The van der Waals surface area contributed by atoms with Crippen LogP contribution in [-0.4, -0.2) is 16.1 Å². The van der Waals surface area contributed by atoms with Crippen molar-refractivity contribution in [2.24, 2.45) is 0 Å². The van der Waals surface area contributed by atoms with E-state index < -0.39 is 17.7 Å². The summed E-state index contributed by atoms with van der Waals surface area (Å²) in [6, 6.07) is 6.25. The van der Waals surface area contributed by atoms with Gasteiger partial charge in [0.05, 0.1) is 22.7 Å². The maximum absolute atomic E-state index is 13.0. The van der Waals surface area contributed by atoms with Crippen molar-refractivity contribution in [1.82, 2.24) is 4.98 Å². The summed E-state index contributed by atoms with van der Waals surface area (Å²) in [5.41, 5.74) is -0.693. The highest BCUT2D eigenvalue weighted by Crippen LogP contribution is 2.38. The van der Waals surface area contributed by atoms with Crippen molar-refractivity contribution in [2.45, 2.75) is 12.6 Å². The Morgan fingerprint density at radius 1 is 1.29 bits per heavy atom. The number of nitrogens with zero attached hydrogens (tertiary/aromatic N) is 1. The summed E-state index contributed by atoms with van der Waals surface area (Å²) in [6.45, 7) is 0. The van der Waals surface area contributed by atoms with Gasteiger partial charge in [-0.25, -0.2) is 0 Å². The first-order valence-corrected chi connectivity index (χ1v) is 6.19. The van der Waals surface area contributed by atoms with E-state index >= 15 is 0 Å². The van der Waals surface area contributed by atoms with Crippen LogP contribution in [0.15, 0.2) is 36.5 Å². The van der Waals surface area contributed by atoms with Crippen LogP contribution in [0.25, 0.3) is 11.3 Å². The largest absolute Gasteiger partial charge is 0.481 e. The van der Waals surface area contributed by atoms with E-state index in [9.17, 15) is 18.0 Å². The Bertz CT molecular complexity index is 686. The quantitative estimate of drug-likeness (QED) is 0.929. The highest BCUT2D eigenvalue weighted by Gasteiger charge is 2.34. The van der Waals surface area contributed by atoms with E-state index in [1.165, 1.54) is 30.5 Å².